The van der Waals surface area contributed by atoms with Gasteiger partial charge in [0.05, 0.1) is 12.6 Å². The Hall–Kier alpha value is -1.87. The molecule has 19 heavy (non-hydrogen) atoms. The van der Waals surface area contributed by atoms with Gasteiger partial charge in [-0.3, -0.25) is 0 Å². The second kappa shape index (κ2) is 5.85. The van der Waals surface area contributed by atoms with Crippen LogP contribution in [-0.2, 0) is 0 Å². The Morgan fingerprint density at radius 3 is 2.47 bits per heavy atom. The summed E-state index contributed by atoms with van der Waals surface area (Å²) in [5, 5.41) is 0. The summed E-state index contributed by atoms with van der Waals surface area (Å²) in [7, 11) is 0. The Balaban J connectivity index is 2.39. The van der Waals surface area contributed by atoms with E-state index in [0.29, 0.717) is 6.61 Å². The van der Waals surface area contributed by atoms with Gasteiger partial charge in [0, 0.05) is 5.56 Å². The van der Waals surface area contributed by atoms with Gasteiger partial charge in [-0.15, -0.1) is 0 Å². The number of benzene rings is 2. The van der Waals surface area contributed by atoms with Gasteiger partial charge < -0.3 is 10.5 Å². The zero-order valence-electron chi connectivity index (χ0n) is 11.2. The van der Waals surface area contributed by atoms with Gasteiger partial charge in [0.1, 0.15) is 11.6 Å². The number of halogens is 1. The number of nitrogens with two attached hydrogens (primary N) is 1. The molecule has 0 aliphatic rings. The van der Waals surface area contributed by atoms with Crippen molar-refractivity contribution >= 4 is 0 Å². The third-order valence-corrected chi connectivity index (χ3v) is 3.03. The van der Waals surface area contributed by atoms with E-state index in [1.165, 1.54) is 12.1 Å². The molecule has 100 valence electrons. The van der Waals surface area contributed by atoms with E-state index in [4.69, 9.17) is 10.5 Å². The number of ether oxygens (including phenoxy) is 1. The zero-order chi connectivity index (χ0) is 13.8. The third kappa shape index (κ3) is 3.12. The lowest BCUT2D eigenvalue weighted by Crippen LogP contribution is -2.14. The van der Waals surface area contributed by atoms with E-state index in [9.17, 15) is 4.39 Å². The molecule has 0 fully saturated rings. The zero-order valence-corrected chi connectivity index (χ0v) is 11.2. The lowest BCUT2D eigenvalue weighted by molar-refractivity contribution is 0.335. The first-order chi connectivity index (χ1) is 9.11. The smallest absolute Gasteiger partial charge is 0.124 e. The van der Waals surface area contributed by atoms with Crippen LogP contribution in [0.25, 0.3) is 0 Å². The van der Waals surface area contributed by atoms with Gasteiger partial charge in [-0.25, -0.2) is 4.39 Å². The quantitative estimate of drug-likeness (QED) is 0.910. The maximum Gasteiger partial charge on any atom is 0.124 e. The number of aryl methyl sites for hydroxylation is 1. The van der Waals surface area contributed by atoms with Crippen molar-refractivity contribution in [3.05, 3.63) is 65.0 Å². The summed E-state index contributed by atoms with van der Waals surface area (Å²) < 4.78 is 18.6. The second-order valence-electron chi connectivity index (χ2n) is 4.50. The van der Waals surface area contributed by atoms with Crippen LogP contribution in [0.2, 0.25) is 0 Å². The summed E-state index contributed by atoms with van der Waals surface area (Å²) in [6.07, 6.45) is 0. The minimum absolute atomic E-state index is 0.259. The highest BCUT2D eigenvalue weighted by Gasteiger charge is 2.14. The van der Waals surface area contributed by atoms with Crippen LogP contribution in [0.15, 0.2) is 42.5 Å². The van der Waals surface area contributed by atoms with Crippen molar-refractivity contribution in [2.24, 2.45) is 5.73 Å². The SMILES string of the molecule is CCOc1ccc(C)cc1C(N)c1ccc(F)cc1. The Morgan fingerprint density at radius 1 is 1.16 bits per heavy atom. The summed E-state index contributed by atoms with van der Waals surface area (Å²) in [5.74, 6) is 0.523. The highest BCUT2D eigenvalue weighted by molar-refractivity contribution is 5.43. The van der Waals surface area contributed by atoms with E-state index in [-0.39, 0.29) is 11.9 Å². The van der Waals surface area contributed by atoms with Crippen molar-refractivity contribution in [3.63, 3.8) is 0 Å². The lowest BCUT2D eigenvalue weighted by Gasteiger charge is -2.17. The number of rotatable bonds is 4. The molecule has 1 atom stereocenters. The highest BCUT2D eigenvalue weighted by Crippen LogP contribution is 2.29. The first kappa shape index (κ1) is 13.6. The molecular formula is C16H18FNO. The summed E-state index contributed by atoms with van der Waals surface area (Å²) in [6, 6.07) is 11.9. The van der Waals surface area contributed by atoms with Gasteiger partial charge in [-0.05, 0) is 37.6 Å². The minimum atomic E-state index is -0.318. The average molecular weight is 259 g/mol. The number of hydrogen-bond donors (Lipinski definition) is 1. The molecule has 2 aromatic rings. The lowest BCUT2D eigenvalue weighted by atomic mass is 9.97. The summed E-state index contributed by atoms with van der Waals surface area (Å²) in [4.78, 5) is 0. The normalized spacial score (nSPS) is 12.2. The highest BCUT2D eigenvalue weighted by atomic mass is 19.1. The largest absolute Gasteiger partial charge is 0.494 e. The average Bonchev–Trinajstić information content (AvgIpc) is 2.41. The molecule has 0 bridgehead atoms. The molecule has 2 nitrogen and oxygen atoms in total. The van der Waals surface area contributed by atoms with Crippen LogP contribution < -0.4 is 10.5 Å². The van der Waals surface area contributed by atoms with Crippen LogP contribution in [-0.4, -0.2) is 6.61 Å². The molecule has 1 unspecified atom stereocenters. The second-order valence-corrected chi connectivity index (χ2v) is 4.50. The fourth-order valence-corrected chi connectivity index (χ4v) is 2.05. The van der Waals surface area contributed by atoms with Crippen molar-refractivity contribution in [1.82, 2.24) is 0 Å². The predicted octanol–water partition coefficient (Wildman–Crippen LogP) is 3.58. The van der Waals surface area contributed by atoms with Crippen LogP contribution in [0, 0.1) is 12.7 Å². The summed E-state index contributed by atoms with van der Waals surface area (Å²) >= 11 is 0. The molecule has 0 aliphatic heterocycles. The standard InChI is InChI=1S/C16H18FNO/c1-3-19-15-9-4-11(2)10-14(15)16(18)12-5-7-13(17)8-6-12/h4-10,16H,3,18H2,1-2H3. The minimum Gasteiger partial charge on any atom is -0.494 e. The predicted molar refractivity (Wildman–Crippen MR) is 74.8 cm³/mol. The molecule has 0 spiro atoms. The van der Waals surface area contributed by atoms with Gasteiger partial charge >= 0.3 is 0 Å². The van der Waals surface area contributed by atoms with E-state index in [0.717, 1.165) is 22.4 Å². The topological polar surface area (TPSA) is 35.2 Å². The Bertz CT molecular complexity index is 551. The maximum absolute atomic E-state index is 13.0. The van der Waals surface area contributed by atoms with Crippen LogP contribution in [0.1, 0.15) is 29.7 Å². The van der Waals surface area contributed by atoms with E-state index in [1.807, 2.05) is 32.0 Å². The van der Waals surface area contributed by atoms with Crippen LogP contribution in [0.5, 0.6) is 5.75 Å². The van der Waals surface area contributed by atoms with Gasteiger partial charge in [0.2, 0.25) is 0 Å². The Kier molecular flexibility index (Phi) is 4.17. The fourth-order valence-electron chi connectivity index (χ4n) is 2.05. The van der Waals surface area contributed by atoms with E-state index in [2.05, 4.69) is 0 Å². The van der Waals surface area contributed by atoms with E-state index >= 15 is 0 Å². The summed E-state index contributed by atoms with van der Waals surface area (Å²) in [6.45, 7) is 4.54. The first-order valence-corrected chi connectivity index (χ1v) is 6.36. The van der Waals surface area contributed by atoms with E-state index < -0.39 is 0 Å². The first-order valence-electron chi connectivity index (χ1n) is 6.36. The molecule has 0 heterocycles. The van der Waals surface area contributed by atoms with Gasteiger partial charge in [0.25, 0.3) is 0 Å². The molecule has 0 aromatic heterocycles. The summed E-state index contributed by atoms with van der Waals surface area (Å²) in [5.41, 5.74) is 9.18. The van der Waals surface area contributed by atoms with Crippen molar-refractivity contribution in [1.29, 1.82) is 0 Å². The van der Waals surface area contributed by atoms with Crippen LogP contribution in [0.4, 0.5) is 4.39 Å². The number of hydrogen-bond acceptors (Lipinski definition) is 2. The fraction of sp³-hybridized carbons (Fsp3) is 0.250. The van der Waals surface area contributed by atoms with Crippen LogP contribution >= 0.6 is 0 Å². The Labute approximate surface area is 113 Å². The maximum atomic E-state index is 13.0. The van der Waals surface area contributed by atoms with Crippen molar-refractivity contribution in [2.45, 2.75) is 19.9 Å². The molecule has 0 aliphatic carbocycles. The molecule has 0 amide bonds. The monoisotopic (exact) mass is 259 g/mol. The van der Waals surface area contributed by atoms with Gasteiger partial charge in [-0.1, -0.05) is 29.8 Å². The Morgan fingerprint density at radius 2 is 1.84 bits per heavy atom. The van der Waals surface area contributed by atoms with Crippen molar-refractivity contribution in [3.8, 4) is 5.75 Å². The molecule has 0 radical (unpaired) electrons. The van der Waals surface area contributed by atoms with Crippen LogP contribution in [0.3, 0.4) is 0 Å². The molecule has 2 N–H and O–H groups in total. The molecule has 0 saturated heterocycles. The van der Waals surface area contributed by atoms with Crippen molar-refractivity contribution < 1.29 is 9.13 Å². The van der Waals surface area contributed by atoms with Crippen molar-refractivity contribution in [2.75, 3.05) is 6.61 Å². The van der Waals surface area contributed by atoms with Gasteiger partial charge in [0.15, 0.2) is 0 Å². The molecule has 2 rings (SSSR count). The molecule has 0 saturated carbocycles. The third-order valence-electron chi connectivity index (χ3n) is 3.03. The molecule has 2 aromatic carbocycles. The molecular weight excluding hydrogens is 241 g/mol. The van der Waals surface area contributed by atoms with E-state index in [1.54, 1.807) is 12.1 Å². The molecule has 3 heteroatoms. The van der Waals surface area contributed by atoms with Gasteiger partial charge in [-0.2, -0.15) is 0 Å².